The second-order valence-corrected chi connectivity index (χ2v) is 7.71. The lowest BCUT2D eigenvalue weighted by Crippen LogP contribution is -2.36. The molecule has 2 amide bonds. The van der Waals surface area contributed by atoms with Crippen molar-refractivity contribution in [3.8, 4) is 0 Å². The van der Waals surface area contributed by atoms with Crippen molar-refractivity contribution in [3.05, 3.63) is 107 Å². The Labute approximate surface area is 191 Å². The minimum Gasteiger partial charge on any atom is -0.481 e. The van der Waals surface area contributed by atoms with Crippen molar-refractivity contribution < 1.29 is 19.5 Å². The zero-order valence-corrected chi connectivity index (χ0v) is 18.0. The number of carbonyl (C=O) groups excluding carboxylic acids is 2. The minimum atomic E-state index is -1.04. The Kier molecular flexibility index (Phi) is 8.00. The first kappa shape index (κ1) is 23.0. The summed E-state index contributed by atoms with van der Waals surface area (Å²) < 4.78 is 0. The molecule has 0 aromatic heterocycles. The van der Waals surface area contributed by atoms with E-state index in [0.717, 1.165) is 5.56 Å². The lowest BCUT2D eigenvalue weighted by atomic mass is 10.0. The summed E-state index contributed by atoms with van der Waals surface area (Å²) in [5, 5.41) is 15.5. The lowest BCUT2D eigenvalue weighted by molar-refractivity contribution is -0.137. The van der Waals surface area contributed by atoms with E-state index in [1.165, 1.54) is 0 Å². The summed E-state index contributed by atoms with van der Waals surface area (Å²) in [6.45, 7) is 0. The van der Waals surface area contributed by atoms with Crippen molar-refractivity contribution in [2.45, 2.75) is 24.9 Å². The van der Waals surface area contributed by atoms with Crippen molar-refractivity contribution >= 4 is 29.4 Å². The van der Waals surface area contributed by atoms with Gasteiger partial charge >= 0.3 is 5.97 Å². The number of carboxylic acid groups (broad SMARTS) is 1. The molecule has 7 heteroatoms. The van der Waals surface area contributed by atoms with Crippen molar-refractivity contribution in [1.82, 2.24) is 10.6 Å². The first-order chi connectivity index (χ1) is 15.4. The van der Waals surface area contributed by atoms with Gasteiger partial charge in [-0.3, -0.25) is 14.4 Å². The smallest absolute Gasteiger partial charge is 0.305 e. The summed E-state index contributed by atoms with van der Waals surface area (Å²) in [5.41, 5.74) is 1.89. The summed E-state index contributed by atoms with van der Waals surface area (Å²) >= 11 is 5.92. The topological polar surface area (TPSA) is 95.5 Å². The van der Waals surface area contributed by atoms with Crippen molar-refractivity contribution in [1.29, 1.82) is 0 Å². The van der Waals surface area contributed by atoms with Gasteiger partial charge in [0.2, 0.25) is 5.91 Å². The van der Waals surface area contributed by atoms with E-state index >= 15 is 0 Å². The summed E-state index contributed by atoms with van der Waals surface area (Å²) in [5.74, 6) is -1.72. The van der Waals surface area contributed by atoms with Crippen LogP contribution in [-0.2, 0) is 9.59 Å². The molecule has 0 saturated carbocycles. The predicted octanol–water partition coefficient (Wildman–Crippen LogP) is 4.53. The van der Waals surface area contributed by atoms with Crippen molar-refractivity contribution in [2.75, 3.05) is 0 Å². The Morgan fingerprint density at radius 2 is 1.25 bits per heavy atom. The van der Waals surface area contributed by atoms with Crippen LogP contribution in [0.2, 0.25) is 5.02 Å². The molecule has 0 aliphatic rings. The molecule has 164 valence electrons. The lowest BCUT2D eigenvalue weighted by Gasteiger charge is -2.22. The largest absolute Gasteiger partial charge is 0.481 e. The quantitative estimate of drug-likeness (QED) is 0.446. The number of benzene rings is 3. The molecule has 2 atom stereocenters. The van der Waals surface area contributed by atoms with Crippen LogP contribution >= 0.6 is 11.6 Å². The number of halogens is 1. The zero-order chi connectivity index (χ0) is 22.9. The fourth-order valence-corrected chi connectivity index (χ4v) is 3.46. The Hall–Kier alpha value is -3.64. The molecule has 3 rings (SSSR count). The molecule has 3 aromatic carbocycles. The van der Waals surface area contributed by atoms with E-state index in [1.807, 2.05) is 36.4 Å². The van der Waals surface area contributed by atoms with Gasteiger partial charge < -0.3 is 15.7 Å². The van der Waals surface area contributed by atoms with Crippen LogP contribution < -0.4 is 10.6 Å². The summed E-state index contributed by atoms with van der Waals surface area (Å²) in [7, 11) is 0. The van der Waals surface area contributed by atoms with Crippen LogP contribution in [0, 0.1) is 0 Å². The highest BCUT2D eigenvalue weighted by atomic mass is 35.5. The first-order valence-electron chi connectivity index (χ1n) is 10.1. The van der Waals surface area contributed by atoms with E-state index < -0.39 is 18.1 Å². The van der Waals surface area contributed by atoms with Gasteiger partial charge in [0.1, 0.15) is 0 Å². The van der Waals surface area contributed by atoms with E-state index in [1.54, 1.807) is 48.5 Å². The molecule has 0 spiro atoms. The second kappa shape index (κ2) is 11.1. The van der Waals surface area contributed by atoms with Crippen LogP contribution in [0.4, 0.5) is 0 Å². The number of rotatable bonds is 9. The average Bonchev–Trinajstić information content (AvgIpc) is 2.79. The van der Waals surface area contributed by atoms with Crippen LogP contribution in [0.3, 0.4) is 0 Å². The van der Waals surface area contributed by atoms with Crippen molar-refractivity contribution in [3.63, 3.8) is 0 Å². The molecule has 0 radical (unpaired) electrons. The number of hydrogen-bond acceptors (Lipinski definition) is 3. The molecule has 0 bridgehead atoms. The third-order valence-corrected chi connectivity index (χ3v) is 5.17. The summed E-state index contributed by atoms with van der Waals surface area (Å²) in [6, 6.07) is 23.3. The van der Waals surface area contributed by atoms with Crippen LogP contribution in [0.25, 0.3) is 0 Å². The zero-order valence-electron chi connectivity index (χ0n) is 17.2. The highest BCUT2D eigenvalue weighted by Gasteiger charge is 2.23. The van der Waals surface area contributed by atoms with Gasteiger partial charge in [-0.15, -0.1) is 0 Å². The molecule has 0 fully saturated rings. The highest BCUT2D eigenvalue weighted by molar-refractivity contribution is 6.30. The minimum absolute atomic E-state index is 0.0493. The van der Waals surface area contributed by atoms with Gasteiger partial charge in [-0.25, -0.2) is 0 Å². The standard InChI is InChI=1S/C25H23ClN2O4/c26-20-13-11-18(12-14-20)22(16-24(30)31)27-23(29)15-21(17-7-3-1-4-8-17)28-25(32)19-9-5-2-6-10-19/h1-14,21-22H,15-16H2,(H,27,29)(H,28,32)(H,30,31). The third-order valence-electron chi connectivity index (χ3n) is 4.92. The van der Waals surface area contributed by atoms with Crippen LogP contribution in [-0.4, -0.2) is 22.9 Å². The Bertz CT molecular complexity index is 1060. The highest BCUT2D eigenvalue weighted by Crippen LogP contribution is 2.22. The molecule has 0 aliphatic carbocycles. The third kappa shape index (κ3) is 6.68. The van der Waals surface area contributed by atoms with E-state index in [9.17, 15) is 19.5 Å². The van der Waals surface area contributed by atoms with E-state index in [2.05, 4.69) is 10.6 Å². The van der Waals surface area contributed by atoms with Gasteiger partial charge in [0.05, 0.1) is 24.9 Å². The van der Waals surface area contributed by atoms with Gasteiger partial charge in [-0.1, -0.05) is 72.3 Å². The molecule has 0 heterocycles. The molecular weight excluding hydrogens is 428 g/mol. The van der Waals surface area contributed by atoms with Crippen molar-refractivity contribution in [2.24, 2.45) is 0 Å². The SMILES string of the molecule is O=C(O)CC(NC(=O)CC(NC(=O)c1ccccc1)c1ccccc1)c1ccc(Cl)cc1. The maximum Gasteiger partial charge on any atom is 0.305 e. The Morgan fingerprint density at radius 1 is 0.719 bits per heavy atom. The van der Waals surface area contributed by atoms with Crippen LogP contribution in [0.5, 0.6) is 0 Å². The molecular formula is C25H23ClN2O4. The van der Waals surface area contributed by atoms with Gasteiger partial charge in [0.15, 0.2) is 0 Å². The maximum absolute atomic E-state index is 12.9. The maximum atomic E-state index is 12.9. The molecule has 32 heavy (non-hydrogen) atoms. The van der Waals surface area contributed by atoms with Crippen LogP contribution in [0.15, 0.2) is 84.9 Å². The first-order valence-corrected chi connectivity index (χ1v) is 10.5. The van der Waals surface area contributed by atoms with Crippen LogP contribution in [0.1, 0.15) is 46.4 Å². The molecule has 0 saturated heterocycles. The van der Waals surface area contributed by atoms with E-state index in [0.29, 0.717) is 16.1 Å². The van der Waals surface area contributed by atoms with E-state index in [-0.39, 0.29) is 24.7 Å². The molecule has 3 aromatic rings. The number of nitrogens with one attached hydrogen (secondary N) is 2. The predicted molar refractivity (Wildman–Crippen MR) is 122 cm³/mol. The number of aliphatic carboxylic acids is 1. The molecule has 3 N–H and O–H groups in total. The number of carboxylic acids is 1. The monoisotopic (exact) mass is 450 g/mol. The van der Waals surface area contributed by atoms with Gasteiger partial charge in [0, 0.05) is 10.6 Å². The Balaban J connectivity index is 1.76. The molecule has 2 unspecified atom stereocenters. The summed E-state index contributed by atoms with van der Waals surface area (Å²) in [6.07, 6.45) is -0.327. The fourth-order valence-electron chi connectivity index (χ4n) is 3.33. The molecule has 0 aliphatic heterocycles. The number of carbonyl (C=O) groups is 3. The van der Waals surface area contributed by atoms with Gasteiger partial charge in [-0.05, 0) is 35.4 Å². The second-order valence-electron chi connectivity index (χ2n) is 7.28. The molecule has 6 nitrogen and oxygen atoms in total. The summed E-state index contributed by atoms with van der Waals surface area (Å²) in [4.78, 5) is 36.9. The van der Waals surface area contributed by atoms with Gasteiger partial charge in [0.25, 0.3) is 5.91 Å². The number of hydrogen-bond donors (Lipinski definition) is 3. The number of amides is 2. The Morgan fingerprint density at radius 3 is 1.84 bits per heavy atom. The average molecular weight is 451 g/mol. The van der Waals surface area contributed by atoms with Gasteiger partial charge in [-0.2, -0.15) is 0 Å². The van der Waals surface area contributed by atoms with E-state index in [4.69, 9.17) is 11.6 Å². The normalized spacial score (nSPS) is 12.4. The fraction of sp³-hybridized carbons (Fsp3) is 0.160.